The number of para-hydroxylation sites is 1. The van der Waals surface area contributed by atoms with Crippen molar-refractivity contribution in [1.29, 1.82) is 0 Å². The van der Waals surface area contributed by atoms with Crippen LogP contribution >= 0.6 is 23.1 Å². The van der Waals surface area contributed by atoms with E-state index in [0.29, 0.717) is 23.1 Å². The Morgan fingerprint density at radius 2 is 2.19 bits per heavy atom. The highest BCUT2D eigenvalue weighted by Crippen LogP contribution is 2.31. The van der Waals surface area contributed by atoms with Crippen LogP contribution in [0.1, 0.15) is 33.7 Å². The SMILES string of the molecule is CCOC(=O)c1oc2ccccc2c1CSc1n[nH]c(Cc2cccs2)n1. The molecule has 3 heterocycles. The summed E-state index contributed by atoms with van der Waals surface area (Å²) in [7, 11) is 0. The van der Waals surface area contributed by atoms with E-state index in [4.69, 9.17) is 9.15 Å². The van der Waals surface area contributed by atoms with Gasteiger partial charge in [-0.15, -0.1) is 16.4 Å². The molecule has 27 heavy (non-hydrogen) atoms. The van der Waals surface area contributed by atoms with Crippen molar-refractivity contribution in [3.8, 4) is 0 Å². The van der Waals surface area contributed by atoms with Crippen LogP contribution in [0.25, 0.3) is 11.0 Å². The van der Waals surface area contributed by atoms with Gasteiger partial charge in [-0.1, -0.05) is 36.0 Å². The van der Waals surface area contributed by atoms with Crippen LogP contribution < -0.4 is 0 Å². The maximum Gasteiger partial charge on any atom is 0.374 e. The molecule has 138 valence electrons. The maximum absolute atomic E-state index is 12.3. The first-order valence-corrected chi connectivity index (χ1v) is 10.3. The molecule has 4 rings (SSSR count). The van der Waals surface area contributed by atoms with Gasteiger partial charge in [0.1, 0.15) is 11.4 Å². The Labute approximate surface area is 164 Å². The molecule has 1 N–H and O–H groups in total. The van der Waals surface area contributed by atoms with Crippen molar-refractivity contribution >= 4 is 40.0 Å². The second kappa shape index (κ2) is 7.98. The number of carbonyl (C=O) groups is 1. The van der Waals surface area contributed by atoms with Crippen molar-refractivity contribution in [1.82, 2.24) is 15.2 Å². The molecule has 3 aromatic heterocycles. The number of hydrogen-bond acceptors (Lipinski definition) is 7. The highest BCUT2D eigenvalue weighted by atomic mass is 32.2. The Hall–Kier alpha value is -2.58. The Morgan fingerprint density at radius 1 is 1.30 bits per heavy atom. The standard InChI is InChI=1S/C19H17N3O3S2/c1-2-24-18(23)17-14(13-7-3-4-8-15(13)25-17)11-27-19-20-16(21-22-19)10-12-6-5-9-26-12/h3-9H,2,10-11H2,1H3,(H,20,21,22). The van der Waals surface area contributed by atoms with Gasteiger partial charge in [-0.3, -0.25) is 5.10 Å². The number of hydrogen-bond donors (Lipinski definition) is 1. The minimum atomic E-state index is -0.447. The molecule has 0 amide bonds. The molecule has 0 spiro atoms. The number of H-pyrrole nitrogens is 1. The number of thioether (sulfide) groups is 1. The van der Waals surface area contributed by atoms with Crippen LogP contribution in [0, 0.1) is 0 Å². The molecule has 0 aliphatic heterocycles. The lowest BCUT2D eigenvalue weighted by atomic mass is 10.1. The third-order valence-corrected chi connectivity index (χ3v) is 5.69. The van der Waals surface area contributed by atoms with E-state index in [-0.39, 0.29) is 5.76 Å². The number of ether oxygens (including phenoxy) is 1. The molecule has 0 saturated carbocycles. The van der Waals surface area contributed by atoms with Crippen LogP contribution in [0.4, 0.5) is 0 Å². The molecule has 0 radical (unpaired) electrons. The number of aromatic nitrogens is 3. The lowest BCUT2D eigenvalue weighted by Gasteiger charge is -2.01. The van der Waals surface area contributed by atoms with Gasteiger partial charge < -0.3 is 9.15 Å². The number of rotatable bonds is 7. The van der Waals surface area contributed by atoms with Crippen LogP contribution in [0.5, 0.6) is 0 Å². The van der Waals surface area contributed by atoms with Gasteiger partial charge >= 0.3 is 5.97 Å². The number of nitrogens with one attached hydrogen (secondary N) is 1. The molecule has 4 aromatic rings. The summed E-state index contributed by atoms with van der Waals surface area (Å²) in [5, 5.41) is 10.8. The summed E-state index contributed by atoms with van der Waals surface area (Å²) >= 11 is 3.15. The number of thiophene rings is 1. The first-order chi connectivity index (χ1) is 13.2. The third-order valence-electron chi connectivity index (χ3n) is 3.94. The Balaban J connectivity index is 1.54. The summed E-state index contributed by atoms with van der Waals surface area (Å²) in [6, 6.07) is 11.7. The van der Waals surface area contributed by atoms with Crippen LogP contribution in [0.15, 0.2) is 51.4 Å². The normalized spacial score (nSPS) is 11.1. The molecule has 6 nitrogen and oxygen atoms in total. The number of benzene rings is 1. The average molecular weight is 399 g/mol. The molecule has 0 aliphatic carbocycles. The molecular weight excluding hydrogens is 382 g/mol. The minimum absolute atomic E-state index is 0.250. The van der Waals surface area contributed by atoms with Crippen molar-refractivity contribution in [3.63, 3.8) is 0 Å². The van der Waals surface area contributed by atoms with E-state index in [1.165, 1.54) is 16.6 Å². The van der Waals surface area contributed by atoms with E-state index in [1.54, 1.807) is 18.3 Å². The zero-order valence-electron chi connectivity index (χ0n) is 14.6. The van der Waals surface area contributed by atoms with Crippen molar-refractivity contribution in [3.05, 3.63) is 63.8 Å². The van der Waals surface area contributed by atoms with Crippen LogP contribution in [-0.4, -0.2) is 27.8 Å². The highest BCUT2D eigenvalue weighted by molar-refractivity contribution is 7.98. The van der Waals surface area contributed by atoms with Gasteiger partial charge in [-0.25, -0.2) is 9.78 Å². The molecule has 0 saturated heterocycles. The zero-order valence-corrected chi connectivity index (χ0v) is 16.2. The number of furan rings is 1. The van der Waals surface area contributed by atoms with E-state index in [1.807, 2.05) is 35.7 Å². The van der Waals surface area contributed by atoms with Crippen LogP contribution in [0.2, 0.25) is 0 Å². The van der Waals surface area contributed by atoms with Crippen molar-refractivity contribution in [2.24, 2.45) is 0 Å². The highest BCUT2D eigenvalue weighted by Gasteiger charge is 2.22. The molecule has 0 aliphatic rings. The zero-order chi connectivity index (χ0) is 18.6. The predicted octanol–water partition coefficient (Wildman–Crippen LogP) is 4.67. The third kappa shape index (κ3) is 3.91. The average Bonchev–Trinajstić information content (AvgIpc) is 3.40. The molecule has 0 bridgehead atoms. The smallest absolute Gasteiger partial charge is 0.374 e. The van der Waals surface area contributed by atoms with Crippen molar-refractivity contribution in [2.75, 3.05) is 6.61 Å². The summed E-state index contributed by atoms with van der Waals surface area (Å²) in [6.07, 6.45) is 0.730. The van der Waals surface area contributed by atoms with Gasteiger partial charge in [-0.05, 0) is 24.4 Å². The first kappa shape index (κ1) is 17.8. The fraction of sp³-hybridized carbons (Fsp3) is 0.211. The molecule has 0 unspecified atom stereocenters. The quantitative estimate of drug-likeness (QED) is 0.359. The van der Waals surface area contributed by atoms with E-state index in [9.17, 15) is 4.79 Å². The topological polar surface area (TPSA) is 81.0 Å². The van der Waals surface area contributed by atoms with Gasteiger partial charge in [0.15, 0.2) is 0 Å². The lowest BCUT2D eigenvalue weighted by molar-refractivity contribution is 0.0491. The molecule has 1 aromatic carbocycles. The van der Waals surface area contributed by atoms with Gasteiger partial charge in [-0.2, -0.15) is 0 Å². The van der Waals surface area contributed by atoms with E-state index in [0.717, 1.165) is 23.2 Å². The Morgan fingerprint density at radius 3 is 3.00 bits per heavy atom. The summed E-state index contributed by atoms with van der Waals surface area (Å²) in [4.78, 5) is 18.0. The van der Waals surface area contributed by atoms with Crippen molar-refractivity contribution in [2.45, 2.75) is 24.3 Å². The Bertz CT molecular complexity index is 1050. The van der Waals surface area contributed by atoms with Gasteiger partial charge in [0, 0.05) is 28.0 Å². The van der Waals surface area contributed by atoms with Crippen molar-refractivity contribution < 1.29 is 13.9 Å². The van der Waals surface area contributed by atoms with E-state index < -0.39 is 5.97 Å². The van der Waals surface area contributed by atoms with Crippen LogP contribution in [-0.2, 0) is 16.9 Å². The van der Waals surface area contributed by atoms with E-state index in [2.05, 4.69) is 21.2 Å². The van der Waals surface area contributed by atoms with Crippen LogP contribution in [0.3, 0.4) is 0 Å². The summed E-state index contributed by atoms with van der Waals surface area (Å²) < 4.78 is 10.9. The molecule has 0 atom stereocenters. The maximum atomic E-state index is 12.3. The fourth-order valence-electron chi connectivity index (χ4n) is 2.74. The van der Waals surface area contributed by atoms with Gasteiger partial charge in [0.2, 0.25) is 10.9 Å². The van der Waals surface area contributed by atoms with E-state index >= 15 is 0 Å². The minimum Gasteiger partial charge on any atom is -0.460 e. The number of esters is 1. The second-order valence-electron chi connectivity index (χ2n) is 5.74. The first-order valence-electron chi connectivity index (χ1n) is 8.48. The summed E-state index contributed by atoms with van der Waals surface area (Å²) in [5.74, 6) is 1.14. The largest absolute Gasteiger partial charge is 0.460 e. The number of carbonyl (C=O) groups excluding carboxylic acids is 1. The number of aromatic amines is 1. The monoisotopic (exact) mass is 399 g/mol. The fourth-order valence-corrected chi connectivity index (χ4v) is 4.29. The predicted molar refractivity (Wildman–Crippen MR) is 105 cm³/mol. The van der Waals surface area contributed by atoms with Gasteiger partial charge in [0.05, 0.1) is 6.61 Å². The second-order valence-corrected chi connectivity index (χ2v) is 7.71. The molecule has 8 heteroatoms. The number of fused-ring (bicyclic) bond motifs is 1. The Kier molecular flexibility index (Phi) is 5.26. The molecular formula is C19H17N3O3S2. The summed E-state index contributed by atoms with van der Waals surface area (Å²) in [6.45, 7) is 2.08. The summed E-state index contributed by atoms with van der Waals surface area (Å²) in [5.41, 5.74) is 1.48. The van der Waals surface area contributed by atoms with Gasteiger partial charge in [0.25, 0.3) is 0 Å². The number of nitrogens with zero attached hydrogens (tertiary/aromatic N) is 2. The lowest BCUT2D eigenvalue weighted by Crippen LogP contribution is -2.05. The molecule has 0 fully saturated rings.